The van der Waals surface area contributed by atoms with E-state index in [0.29, 0.717) is 24.5 Å². The average molecular weight is 290 g/mol. The van der Waals surface area contributed by atoms with Crippen molar-refractivity contribution >= 4 is 17.6 Å². The fraction of sp³-hybridized carbons (Fsp3) is 0.533. The summed E-state index contributed by atoms with van der Waals surface area (Å²) in [5.74, 6) is 0.682. The first-order valence-electron chi connectivity index (χ1n) is 7.27. The van der Waals surface area contributed by atoms with Gasteiger partial charge in [-0.05, 0) is 24.5 Å². The number of pyridine rings is 1. The molecule has 1 saturated heterocycles. The molecule has 0 unspecified atom stereocenters. The largest absolute Gasteiger partial charge is 0.373 e. The molecule has 1 aromatic heterocycles. The lowest BCUT2D eigenvalue weighted by molar-refractivity contribution is -0.121. The van der Waals surface area contributed by atoms with E-state index < -0.39 is 0 Å². The van der Waals surface area contributed by atoms with Crippen LogP contribution < -0.4 is 10.6 Å². The van der Waals surface area contributed by atoms with E-state index in [9.17, 15) is 9.59 Å². The van der Waals surface area contributed by atoms with Crippen LogP contribution in [-0.2, 0) is 4.79 Å². The van der Waals surface area contributed by atoms with Gasteiger partial charge in [-0.1, -0.05) is 13.8 Å². The lowest BCUT2D eigenvalue weighted by atomic mass is 10.1. The molecule has 2 heterocycles. The van der Waals surface area contributed by atoms with Gasteiger partial charge in [0.2, 0.25) is 5.91 Å². The van der Waals surface area contributed by atoms with Gasteiger partial charge in [-0.2, -0.15) is 0 Å². The summed E-state index contributed by atoms with van der Waals surface area (Å²) in [4.78, 5) is 30.3. The van der Waals surface area contributed by atoms with Crippen molar-refractivity contribution in [1.29, 1.82) is 0 Å². The summed E-state index contributed by atoms with van der Waals surface area (Å²) >= 11 is 0. The summed E-state index contributed by atoms with van der Waals surface area (Å²) < 4.78 is 0. The summed E-state index contributed by atoms with van der Waals surface area (Å²) in [6, 6.07) is 3.55. The van der Waals surface area contributed by atoms with Crippen molar-refractivity contribution in [1.82, 2.24) is 15.2 Å². The second kappa shape index (κ2) is 6.56. The maximum atomic E-state index is 12.6. The van der Waals surface area contributed by atoms with Gasteiger partial charge >= 0.3 is 0 Å². The van der Waals surface area contributed by atoms with Gasteiger partial charge in [0.25, 0.3) is 5.91 Å². The molecule has 1 aliphatic rings. The van der Waals surface area contributed by atoms with E-state index in [2.05, 4.69) is 15.6 Å². The molecule has 1 fully saturated rings. The Morgan fingerprint density at radius 3 is 2.86 bits per heavy atom. The molecule has 0 radical (unpaired) electrons. The quantitative estimate of drug-likeness (QED) is 0.877. The number of nitrogens with zero attached hydrogens (tertiary/aromatic N) is 2. The maximum absolute atomic E-state index is 12.6. The first-order valence-corrected chi connectivity index (χ1v) is 7.27. The zero-order valence-corrected chi connectivity index (χ0v) is 12.8. The number of carbonyl (C=O) groups is 2. The highest BCUT2D eigenvalue weighted by molar-refractivity contribution is 5.97. The second-order valence-corrected chi connectivity index (χ2v) is 5.50. The van der Waals surface area contributed by atoms with Crippen molar-refractivity contribution in [3.63, 3.8) is 0 Å². The smallest absolute Gasteiger partial charge is 0.254 e. The third kappa shape index (κ3) is 3.71. The van der Waals surface area contributed by atoms with Crippen LogP contribution >= 0.6 is 0 Å². The van der Waals surface area contributed by atoms with Crippen LogP contribution in [0.15, 0.2) is 12.1 Å². The Morgan fingerprint density at radius 2 is 2.19 bits per heavy atom. The minimum atomic E-state index is -0.118. The SMILES string of the molecule is CNc1cc(C(=O)N2CCCNC(=O)C2)cc(C(C)C)n1. The molecule has 1 aromatic rings. The van der Waals surface area contributed by atoms with E-state index in [1.54, 1.807) is 18.0 Å². The van der Waals surface area contributed by atoms with Crippen LogP contribution in [0.5, 0.6) is 0 Å². The summed E-state index contributed by atoms with van der Waals surface area (Å²) in [5, 5.41) is 5.76. The van der Waals surface area contributed by atoms with Crippen LogP contribution in [0, 0.1) is 0 Å². The number of hydrogen-bond acceptors (Lipinski definition) is 4. The van der Waals surface area contributed by atoms with Gasteiger partial charge in [-0.25, -0.2) is 4.98 Å². The van der Waals surface area contributed by atoms with Gasteiger partial charge in [0.15, 0.2) is 0 Å². The molecule has 2 amide bonds. The molecule has 1 aliphatic heterocycles. The molecule has 0 spiro atoms. The maximum Gasteiger partial charge on any atom is 0.254 e. The lowest BCUT2D eigenvalue weighted by Crippen LogP contribution is -2.37. The van der Waals surface area contributed by atoms with E-state index in [1.165, 1.54) is 0 Å². The van der Waals surface area contributed by atoms with Gasteiger partial charge in [0, 0.05) is 31.4 Å². The Morgan fingerprint density at radius 1 is 1.43 bits per heavy atom. The number of rotatable bonds is 3. The topological polar surface area (TPSA) is 74.3 Å². The van der Waals surface area contributed by atoms with Crippen molar-refractivity contribution in [2.24, 2.45) is 0 Å². The molecule has 0 aromatic carbocycles. The summed E-state index contributed by atoms with van der Waals surface area (Å²) in [5.41, 5.74) is 1.44. The molecular formula is C15H22N4O2. The normalized spacial score (nSPS) is 15.6. The number of carbonyl (C=O) groups excluding carboxylic acids is 2. The molecule has 6 heteroatoms. The summed E-state index contributed by atoms with van der Waals surface area (Å²) in [6.45, 7) is 5.40. The van der Waals surface area contributed by atoms with Crippen LogP contribution in [-0.4, -0.2) is 48.4 Å². The van der Waals surface area contributed by atoms with Crippen molar-refractivity contribution in [2.75, 3.05) is 32.0 Å². The monoisotopic (exact) mass is 290 g/mol. The van der Waals surface area contributed by atoms with Crippen LogP contribution in [0.2, 0.25) is 0 Å². The van der Waals surface area contributed by atoms with Crippen LogP contribution in [0.25, 0.3) is 0 Å². The number of anilines is 1. The second-order valence-electron chi connectivity index (χ2n) is 5.50. The van der Waals surface area contributed by atoms with Gasteiger partial charge < -0.3 is 15.5 Å². The molecule has 2 rings (SSSR count). The number of nitrogens with one attached hydrogen (secondary N) is 2. The van der Waals surface area contributed by atoms with Gasteiger partial charge in [-0.3, -0.25) is 9.59 Å². The minimum absolute atomic E-state index is 0.104. The highest BCUT2D eigenvalue weighted by atomic mass is 16.2. The highest BCUT2D eigenvalue weighted by Crippen LogP contribution is 2.19. The molecule has 2 N–H and O–H groups in total. The Labute approximate surface area is 124 Å². The van der Waals surface area contributed by atoms with Crippen molar-refractivity contribution in [2.45, 2.75) is 26.2 Å². The van der Waals surface area contributed by atoms with Gasteiger partial charge in [0.05, 0.1) is 6.54 Å². The lowest BCUT2D eigenvalue weighted by Gasteiger charge is -2.20. The molecule has 0 atom stereocenters. The molecule has 0 saturated carbocycles. The number of hydrogen-bond donors (Lipinski definition) is 2. The molecule has 21 heavy (non-hydrogen) atoms. The number of amides is 2. The minimum Gasteiger partial charge on any atom is -0.373 e. The predicted molar refractivity (Wildman–Crippen MR) is 81.4 cm³/mol. The van der Waals surface area contributed by atoms with Gasteiger partial charge in [0.1, 0.15) is 5.82 Å². The standard InChI is InChI=1S/C15H22N4O2/c1-10(2)12-7-11(8-13(16-3)18-12)15(21)19-6-4-5-17-14(20)9-19/h7-8,10H,4-6,9H2,1-3H3,(H,16,18)(H,17,20). The number of aromatic nitrogens is 1. The summed E-state index contributed by atoms with van der Waals surface area (Å²) in [6.07, 6.45) is 0.776. The fourth-order valence-corrected chi connectivity index (χ4v) is 2.26. The third-order valence-corrected chi connectivity index (χ3v) is 3.49. The third-order valence-electron chi connectivity index (χ3n) is 3.49. The molecule has 114 valence electrons. The van der Waals surface area contributed by atoms with Crippen molar-refractivity contribution < 1.29 is 9.59 Å². The van der Waals surface area contributed by atoms with E-state index in [1.807, 2.05) is 19.9 Å². The highest BCUT2D eigenvalue weighted by Gasteiger charge is 2.22. The van der Waals surface area contributed by atoms with Gasteiger partial charge in [-0.15, -0.1) is 0 Å². The van der Waals surface area contributed by atoms with E-state index in [-0.39, 0.29) is 24.3 Å². The first kappa shape index (κ1) is 15.3. The fourth-order valence-electron chi connectivity index (χ4n) is 2.26. The van der Waals surface area contributed by atoms with Crippen LogP contribution in [0.1, 0.15) is 42.2 Å². The molecule has 6 nitrogen and oxygen atoms in total. The van der Waals surface area contributed by atoms with E-state index in [4.69, 9.17) is 0 Å². The Hall–Kier alpha value is -2.11. The predicted octanol–water partition coefficient (Wildman–Crippen LogP) is 1.21. The van der Waals surface area contributed by atoms with E-state index in [0.717, 1.165) is 12.1 Å². The zero-order chi connectivity index (χ0) is 15.4. The Kier molecular flexibility index (Phi) is 4.77. The average Bonchev–Trinajstić information content (AvgIpc) is 2.70. The summed E-state index contributed by atoms with van der Waals surface area (Å²) in [7, 11) is 1.78. The molecule has 0 bridgehead atoms. The first-order chi connectivity index (χ1) is 10.0. The molecular weight excluding hydrogens is 268 g/mol. The van der Waals surface area contributed by atoms with E-state index >= 15 is 0 Å². The molecule has 0 aliphatic carbocycles. The van der Waals surface area contributed by atoms with Crippen LogP contribution in [0.4, 0.5) is 5.82 Å². The van der Waals surface area contributed by atoms with Crippen molar-refractivity contribution in [3.8, 4) is 0 Å². The van der Waals surface area contributed by atoms with Crippen molar-refractivity contribution in [3.05, 3.63) is 23.4 Å². The van der Waals surface area contributed by atoms with Crippen LogP contribution in [0.3, 0.4) is 0 Å². The zero-order valence-electron chi connectivity index (χ0n) is 12.8. The Balaban J connectivity index is 2.28. The Bertz CT molecular complexity index is 542.